The van der Waals surface area contributed by atoms with Crippen LogP contribution in [-0.2, 0) is 4.79 Å². The molecular formula is C22H25N3O5. The standard InChI is InChI=1S/C22H25N3O5/c26-22(23-11-4-1-5-12-23)21-16-24(19-9-2-3-10-20(19)30-21)13-14-29-18-8-6-7-17(15-18)25(27)28/h2-3,6-10,15,21H,1,4-5,11-14,16H2. The van der Waals surface area contributed by atoms with Crippen molar-refractivity contribution in [2.24, 2.45) is 0 Å². The maximum Gasteiger partial charge on any atom is 0.273 e. The highest BCUT2D eigenvalue weighted by molar-refractivity contribution is 5.83. The molecule has 2 aliphatic rings. The predicted molar refractivity (Wildman–Crippen MR) is 112 cm³/mol. The zero-order valence-electron chi connectivity index (χ0n) is 16.7. The molecule has 0 aromatic heterocycles. The average molecular weight is 411 g/mol. The molecule has 2 heterocycles. The van der Waals surface area contributed by atoms with E-state index < -0.39 is 11.0 Å². The van der Waals surface area contributed by atoms with Crippen molar-refractivity contribution in [3.63, 3.8) is 0 Å². The maximum absolute atomic E-state index is 13.0. The van der Waals surface area contributed by atoms with E-state index >= 15 is 0 Å². The Labute approximate surface area is 175 Å². The van der Waals surface area contributed by atoms with Crippen LogP contribution in [0.3, 0.4) is 0 Å². The van der Waals surface area contributed by atoms with Crippen LogP contribution < -0.4 is 14.4 Å². The number of ether oxygens (including phenoxy) is 2. The van der Waals surface area contributed by atoms with Crippen LogP contribution in [0.15, 0.2) is 48.5 Å². The zero-order chi connectivity index (χ0) is 20.9. The van der Waals surface area contributed by atoms with Gasteiger partial charge in [0.2, 0.25) is 0 Å². The molecule has 1 unspecified atom stereocenters. The van der Waals surface area contributed by atoms with Gasteiger partial charge in [-0.25, -0.2) is 0 Å². The first-order valence-electron chi connectivity index (χ1n) is 10.3. The monoisotopic (exact) mass is 411 g/mol. The molecule has 1 atom stereocenters. The molecule has 1 fully saturated rings. The van der Waals surface area contributed by atoms with Crippen LogP contribution in [0.5, 0.6) is 11.5 Å². The Morgan fingerprint density at radius 3 is 2.73 bits per heavy atom. The molecule has 0 N–H and O–H groups in total. The molecule has 2 aromatic rings. The van der Waals surface area contributed by atoms with Gasteiger partial charge in [0.15, 0.2) is 6.10 Å². The van der Waals surface area contributed by atoms with E-state index in [4.69, 9.17) is 9.47 Å². The van der Waals surface area contributed by atoms with Crippen molar-refractivity contribution < 1.29 is 19.2 Å². The number of hydrogen-bond acceptors (Lipinski definition) is 6. The number of non-ortho nitro benzene ring substituents is 1. The smallest absolute Gasteiger partial charge is 0.273 e. The van der Waals surface area contributed by atoms with Crippen molar-refractivity contribution >= 4 is 17.3 Å². The van der Waals surface area contributed by atoms with Gasteiger partial charge in [-0.2, -0.15) is 0 Å². The number of anilines is 1. The molecule has 2 aromatic carbocycles. The van der Waals surface area contributed by atoms with Gasteiger partial charge < -0.3 is 19.3 Å². The van der Waals surface area contributed by atoms with E-state index in [-0.39, 0.29) is 11.6 Å². The lowest BCUT2D eigenvalue weighted by atomic mass is 10.1. The quantitative estimate of drug-likeness (QED) is 0.536. The van der Waals surface area contributed by atoms with Crippen LogP contribution in [0.2, 0.25) is 0 Å². The molecule has 0 saturated carbocycles. The number of carbonyl (C=O) groups excluding carboxylic acids is 1. The van der Waals surface area contributed by atoms with Crippen LogP contribution in [0.4, 0.5) is 11.4 Å². The van der Waals surface area contributed by atoms with E-state index in [1.54, 1.807) is 12.1 Å². The number of para-hydroxylation sites is 2. The third kappa shape index (κ3) is 4.48. The van der Waals surface area contributed by atoms with Gasteiger partial charge in [0.05, 0.1) is 29.8 Å². The number of nitro benzene ring substituents is 1. The number of nitrogens with zero attached hydrogens (tertiary/aromatic N) is 3. The topological polar surface area (TPSA) is 85.2 Å². The lowest BCUT2D eigenvalue weighted by molar-refractivity contribution is -0.384. The molecule has 8 heteroatoms. The summed E-state index contributed by atoms with van der Waals surface area (Å²) in [4.78, 5) is 27.5. The minimum Gasteiger partial charge on any atom is -0.491 e. The Kier molecular flexibility index (Phi) is 6.02. The SMILES string of the molecule is O=C(C1CN(CCOc2cccc([N+](=O)[O-])c2)c2ccccc2O1)N1CCCCC1. The molecule has 1 amide bonds. The first-order valence-corrected chi connectivity index (χ1v) is 10.3. The maximum atomic E-state index is 13.0. The Morgan fingerprint density at radius 1 is 1.13 bits per heavy atom. The number of nitro groups is 1. The number of benzene rings is 2. The summed E-state index contributed by atoms with van der Waals surface area (Å²) < 4.78 is 11.8. The van der Waals surface area contributed by atoms with Gasteiger partial charge in [0.1, 0.15) is 18.1 Å². The normalized spacial score (nSPS) is 18.3. The van der Waals surface area contributed by atoms with Crippen LogP contribution in [0.25, 0.3) is 0 Å². The summed E-state index contributed by atoms with van der Waals surface area (Å²) in [7, 11) is 0. The largest absolute Gasteiger partial charge is 0.491 e. The highest BCUT2D eigenvalue weighted by Gasteiger charge is 2.33. The van der Waals surface area contributed by atoms with Gasteiger partial charge in [-0.3, -0.25) is 14.9 Å². The molecule has 0 bridgehead atoms. The van der Waals surface area contributed by atoms with Gasteiger partial charge in [-0.15, -0.1) is 0 Å². The molecular weight excluding hydrogens is 386 g/mol. The summed E-state index contributed by atoms with van der Waals surface area (Å²) in [6.45, 7) is 2.89. The van der Waals surface area contributed by atoms with Crippen molar-refractivity contribution in [3.05, 3.63) is 58.6 Å². The minimum absolute atomic E-state index is 0.00332. The third-order valence-corrected chi connectivity index (χ3v) is 5.46. The van der Waals surface area contributed by atoms with Crippen LogP contribution in [0, 0.1) is 10.1 Å². The van der Waals surface area contributed by atoms with Gasteiger partial charge in [0.25, 0.3) is 11.6 Å². The van der Waals surface area contributed by atoms with E-state index in [0.717, 1.165) is 31.6 Å². The second kappa shape index (κ2) is 9.02. The summed E-state index contributed by atoms with van der Waals surface area (Å²) in [6.07, 6.45) is 2.70. The Balaban J connectivity index is 1.43. The van der Waals surface area contributed by atoms with E-state index in [1.165, 1.54) is 18.6 Å². The Hall–Kier alpha value is -3.29. The molecule has 158 valence electrons. The fraction of sp³-hybridized carbons (Fsp3) is 0.409. The lowest BCUT2D eigenvalue weighted by Gasteiger charge is -2.38. The Morgan fingerprint density at radius 2 is 1.93 bits per heavy atom. The van der Waals surface area contributed by atoms with Crippen molar-refractivity contribution in [2.45, 2.75) is 25.4 Å². The van der Waals surface area contributed by atoms with Gasteiger partial charge >= 0.3 is 0 Å². The third-order valence-electron chi connectivity index (χ3n) is 5.46. The molecule has 2 aliphatic heterocycles. The molecule has 0 spiro atoms. The number of carbonyl (C=O) groups is 1. The predicted octanol–water partition coefficient (Wildman–Crippen LogP) is 3.25. The summed E-state index contributed by atoms with van der Waals surface area (Å²) in [6, 6.07) is 13.8. The number of likely N-dealkylation sites (tertiary alicyclic amines) is 1. The highest BCUT2D eigenvalue weighted by atomic mass is 16.6. The van der Waals surface area contributed by atoms with E-state index in [9.17, 15) is 14.9 Å². The van der Waals surface area contributed by atoms with Crippen LogP contribution in [0.1, 0.15) is 19.3 Å². The first-order chi connectivity index (χ1) is 14.6. The first kappa shape index (κ1) is 20.0. The number of hydrogen-bond donors (Lipinski definition) is 0. The summed E-state index contributed by atoms with van der Waals surface area (Å²) in [5.41, 5.74) is 0.916. The molecule has 8 nitrogen and oxygen atoms in total. The average Bonchev–Trinajstić information content (AvgIpc) is 2.79. The van der Waals surface area contributed by atoms with Crippen LogP contribution >= 0.6 is 0 Å². The minimum atomic E-state index is -0.546. The fourth-order valence-corrected chi connectivity index (χ4v) is 3.93. The molecule has 1 saturated heterocycles. The van der Waals surface area contributed by atoms with E-state index in [1.807, 2.05) is 29.2 Å². The second-order valence-electron chi connectivity index (χ2n) is 7.51. The number of amides is 1. The van der Waals surface area contributed by atoms with E-state index in [0.29, 0.717) is 31.2 Å². The summed E-state index contributed by atoms with van der Waals surface area (Å²) in [5.74, 6) is 1.18. The number of piperidine rings is 1. The molecule has 4 rings (SSSR count). The Bertz CT molecular complexity index is 913. The zero-order valence-corrected chi connectivity index (χ0v) is 16.7. The van der Waals surface area contributed by atoms with Crippen LogP contribution in [-0.4, -0.2) is 54.6 Å². The highest BCUT2D eigenvalue weighted by Crippen LogP contribution is 2.33. The fourth-order valence-electron chi connectivity index (χ4n) is 3.93. The second-order valence-corrected chi connectivity index (χ2v) is 7.51. The van der Waals surface area contributed by atoms with Crippen molar-refractivity contribution in [1.29, 1.82) is 0 Å². The van der Waals surface area contributed by atoms with Gasteiger partial charge in [0, 0.05) is 19.2 Å². The number of fused-ring (bicyclic) bond motifs is 1. The summed E-state index contributed by atoms with van der Waals surface area (Å²) >= 11 is 0. The molecule has 30 heavy (non-hydrogen) atoms. The van der Waals surface area contributed by atoms with Crippen molar-refractivity contribution in [1.82, 2.24) is 4.90 Å². The van der Waals surface area contributed by atoms with Crippen molar-refractivity contribution in [3.8, 4) is 11.5 Å². The van der Waals surface area contributed by atoms with Gasteiger partial charge in [-0.1, -0.05) is 18.2 Å². The van der Waals surface area contributed by atoms with E-state index in [2.05, 4.69) is 4.90 Å². The molecule has 0 radical (unpaired) electrons. The van der Waals surface area contributed by atoms with Crippen molar-refractivity contribution in [2.75, 3.05) is 37.7 Å². The van der Waals surface area contributed by atoms with Gasteiger partial charge in [-0.05, 0) is 37.5 Å². The lowest BCUT2D eigenvalue weighted by Crippen LogP contribution is -2.52. The molecule has 0 aliphatic carbocycles. The number of rotatable bonds is 6. The summed E-state index contributed by atoms with van der Waals surface area (Å²) in [5, 5.41) is 10.9.